The minimum Gasteiger partial charge on any atom is -0.497 e. The number of halogens is 1. The van der Waals surface area contributed by atoms with Crippen LogP contribution in [0.2, 0.25) is 0 Å². The first-order valence-corrected chi connectivity index (χ1v) is 13.7. The number of carbonyl (C=O) groups excluding carboxylic acids is 1. The van der Waals surface area contributed by atoms with Crippen LogP contribution < -0.4 is 4.74 Å². The second-order valence-electron chi connectivity index (χ2n) is 11.4. The number of nitrogens with zero attached hydrogens (tertiary/aromatic N) is 2. The molecule has 0 unspecified atom stereocenters. The van der Waals surface area contributed by atoms with E-state index in [0.29, 0.717) is 18.0 Å². The van der Waals surface area contributed by atoms with Gasteiger partial charge in [0.2, 0.25) is 5.91 Å². The molecule has 3 heterocycles. The molecule has 198 valence electrons. The van der Waals surface area contributed by atoms with Crippen LogP contribution in [-0.4, -0.2) is 47.4 Å². The van der Waals surface area contributed by atoms with Crippen molar-refractivity contribution in [3.05, 3.63) is 65.1 Å². The topological polar surface area (TPSA) is 48.6 Å². The SMILES string of the molecule is CCC(CC)C(=O)N1CCC2(CC1)CN(Cc1ccccc1F)C(C)(C)c1[nH]c3cc(OC)ccc3c12. The van der Waals surface area contributed by atoms with Crippen molar-refractivity contribution in [1.82, 2.24) is 14.8 Å². The predicted molar refractivity (Wildman–Crippen MR) is 146 cm³/mol. The van der Waals surface area contributed by atoms with E-state index in [2.05, 4.69) is 54.6 Å². The quantitative estimate of drug-likeness (QED) is 0.424. The Hall–Kier alpha value is -2.86. The summed E-state index contributed by atoms with van der Waals surface area (Å²) in [6.45, 7) is 11.6. The average molecular weight is 506 g/mol. The number of methoxy groups -OCH3 is 1. The number of H-pyrrole nitrogens is 1. The molecule has 5 rings (SSSR count). The molecule has 0 aliphatic carbocycles. The molecule has 1 saturated heterocycles. The number of fused-ring (bicyclic) bond motifs is 4. The third-order valence-electron chi connectivity index (χ3n) is 9.12. The van der Waals surface area contributed by atoms with Crippen molar-refractivity contribution in [3.8, 4) is 5.75 Å². The summed E-state index contributed by atoms with van der Waals surface area (Å²) in [5, 5.41) is 1.23. The van der Waals surface area contributed by atoms with Crippen LogP contribution in [0, 0.1) is 11.7 Å². The average Bonchev–Trinajstić information content (AvgIpc) is 3.30. The molecule has 0 radical (unpaired) electrons. The number of aromatic nitrogens is 1. The van der Waals surface area contributed by atoms with Gasteiger partial charge in [-0.2, -0.15) is 0 Å². The number of hydrogen-bond acceptors (Lipinski definition) is 3. The maximum absolute atomic E-state index is 14.8. The van der Waals surface area contributed by atoms with Crippen molar-refractivity contribution in [2.75, 3.05) is 26.7 Å². The van der Waals surface area contributed by atoms with Crippen LogP contribution in [0.5, 0.6) is 5.75 Å². The highest BCUT2D eigenvalue weighted by Gasteiger charge is 2.51. The molecule has 1 amide bonds. The normalized spacial score (nSPS) is 18.9. The van der Waals surface area contributed by atoms with Gasteiger partial charge in [0.05, 0.1) is 12.6 Å². The van der Waals surface area contributed by atoms with Crippen LogP contribution in [0.15, 0.2) is 42.5 Å². The Morgan fingerprint density at radius 3 is 2.46 bits per heavy atom. The van der Waals surface area contributed by atoms with Gasteiger partial charge >= 0.3 is 0 Å². The zero-order chi connectivity index (χ0) is 26.4. The molecular formula is C31H40FN3O2. The Bertz CT molecular complexity index is 1280. The van der Waals surface area contributed by atoms with Crippen LogP contribution in [0.4, 0.5) is 4.39 Å². The Morgan fingerprint density at radius 2 is 1.81 bits per heavy atom. The molecule has 37 heavy (non-hydrogen) atoms. The molecule has 1 spiro atoms. The third-order valence-corrected chi connectivity index (χ3v) is 9.12. The smallest absolute Gasteiger partial charge is 0.225 e. The third kappa shape index (κ3) is 4.33. The molecule has 1 aromatic heterocycles. The number of carbonyl (C=O) groups is 1. The van der Waals surface area contributed by atoms with Crippen molar-refractivity contribution in [1.29, 1.82) is 0 Å². The van der Waals surface area contributed by atoms with Gasteiger partial charge in [0.15, 0.2) is 0 Å². The lowest BCUT2D eigenvalue weighted by molar-refractivity contribution is -0.137. The van der Waals surface area contributed by atoms with E-state index in [1.54, 1.807) is 19.2 Å². The predicted octanol–water partition coefficient (Wildman–Crippen LogP) is 6.36. The standard InChI is InChI=1S/C31H40FN3O2/c1-6-21(7-2)29(36)34-16-14-31(15-17-34)20-35(19-22-10-8-9-11-25(22)32)30(3,4)28-27(31)24-13-12-23(37-5)18-26(24)33-28/h8-13,18,21,33H,6-7,14-17,19-20H2,1-5H3. The minimum atomic E-state index is -0.322. The van der Waals surface area contributed by atoms with Gasteiger partial charge in [0, 0.05) is 65.7 Å². The minimum absolute atomic E-state index is 0.105. The first-order chi connectivity index (χ1) is 17.7. The van der Waals surface area contributed by atoms with Gasteiger partial charge in [0.1, 0.15) is 11.6 Å². The van der Waals surface area contributed by atoms with Gasteiger partial charge in [0.25, 0.3) is 0 Å². The van der Waals surface area contributed by atoms with Crippen molar-refractivity contribution in [2.24, 2.45) is 5.92 Å². The maximum Gasteiger partial charge on any atom is 0.225 e. The van der Waals surface area contributed by atoms with Crippen LogP contribution in [0.3, 0.4) is 0 Å². The summed E-state index contributed by atoms with van der Waals surface area (Å²) < 4.78 is 20.3. The van der Waals surface area contributed by atoms with E-state index in [4.69, 9.17) is 4.74 Å². The lowest BCUT2D eigenvalue weighted by Crippen LogP contribution is -2.58. The zero-order valence-electron chi connectivity index (χ0n) is 22.9. The highest BCUT2D eigenvalue weighted by Crippen LogP contribution is 2.51. The second kappa shape index (κ2) is 9.79. The first kappa shape index (κ1) is 25.8. The van der Waals surface area contributed by atoms with E-state index in [1.165, 1.54) is 16.6 Å². The molecule has 5 nitrogen and oxygen atoms in total. The Kier molecular flexibility index (Phi) is 6.82. The van der Waals surface area contributed by atoms with Crippen LogP contribution >= 0.6 is 0 Å². The summed E-state index contributed by atoms with van der Waals surface area (Å²) >= 11 is 0. The molecule has 0 atom stereocenters. The van der Waals surface area contributed by atoms with E-state index < -0.39 is 0 Å². The van der Waals surface area contributed by atoms with E-state index in [-0.39, 0.29) is 22.7 Å². The molecule has 0 bridgehead atoms. The van der Waals surface area contributed by atoms with Gasteiger partial charge < -0.3 is 14.6 Å². The Morgan fingerprint density at radius 1 is 1.11 bits per heavy atom. The van der Waals surface area contributed by atoms with Gasteiger partial charge in [-0.15, -0.1) is 0 Å². The van der Waals surface area contributed by atoms with Crippen molar-refractivity contribution in [2.45, 2.75) is 70.9 Å². The highest BCUT2D eigenvalue weighted by atomic mass is 19.1. The molecule has 1 N–H and O–H groups in total. The van der Waals surface area contributed by atoms with Gasteiger partial charge in [-0.3, -0.25) is 9.69 Å². The molecule has 0 saturated carbocycles. The van der Waals surface area contributed by atoms with Crippen LogP contribution in [-0.2, 0) is 22.3 Å². The van der Waals surface area contributed by atoms with Gasteiger partial charge in [-0.05, 0) is 63.3 Å². The van der Waals surface area contributed by atoms with E-state index in [9.17, 15) is 9.18 Å². The summed E-state index contributed by atoms with van der Waals surface area (Å²) in [6.07, 6.45) is 3.56. The van der Waals surface area contributed by atoms with Crippen molar-refractivity contribution >= 4 is 16.8 Å². The van der Waals surface area contributed by atoms with Crippen LogP contribution in [0.1, 0.15) is 70.2 Å². The van der Waals surface area contributed by atoms with E-state index in [0.717, 1.165) is 56.6 Å². The maximum atomic E-state index is 14.8. The largest absolute Gasteiger partial charge is 0.497 e. The van der Waals surface area contributed by atoms with Crippen molar-refractivity contribution in [3.63, 3.8) is 0 Å². The monoisotopic (exact) mass is 505 g/mol. The fourth-order valence-electron chi connectivity index (χ4n) is 6.66. The molecule has 2 aliphatic heterocycles. The van der Waals surface area contributed by atoms with Gasteiger partial charge in [-0.1, -0.05) is 32.0 Å². The number of aromatic amines is 1. The fourth-order valence-corrected chi connectivity index (χ4v) is 6.66. The molecule has 6 heteroatoms. The number of hydrogen-bond donors (Lipinski definition) is 1. The summed E-state index contributed by atoms with van der Waals surface area (Å²) in [5.74, 6) is 1.06. The van der Waals surface area contributed by atoms with Gasteiger partial charge in [-0.25, -0.2) is 4.39 Å². The highest BCUT2D eigenvalue weighted by molar-refractivity contribution is 5.88. The zero-order valence-corrected chi connectivity index (χ0v) is 22.9. The molecule has 1 fully saturated rings. The Balaban J connectivity index is 1.57. The summed E-state index contributed by atoms with van der Waals surface area (Å²) in [6, 6.07) is 13.4. The van der Waals surface area contributed by atoms with E-state index >= 15 is 0 Å². The summed E-state index contributed by atoms with van der Waals surface area (Å²) in [5.41, 5.74) is 3.91. The fraction of sp³-hybridized carbons (Fsp3) is 0.516. The number of amides is 1. The van der Waals surface area contributed by atoms with E-state index in [1.807, 2.05) is 18.2 Å². The Labute approximate surface area is 220 Å². The molecule has 2 aromatic carbocycles. The first-order valence-electron chi connectivity index (χ1n) is 13.7. The lowest BCUT2D eigenvalue weighted by Gasteiger charge is -2.54. The molecule has 3 aromatic rings. The number of ether oxygens (including phenoxy) is 1. The van der Waals surface area contributed by atoms with Crippen molar-refractivity contribution < 1.29 is 13.9 Å². The summed E-state index contributed by atoms with van der Waals surface area (Å²) in [4.78, 5) is 21.5. The number of benzene rings is 2. The number of piperidine rings is 1. The number of likely N-dealkylation sites (tertiary alicyclic amines) is 1. The number of rotatable bonds is 6. The van der Waals surface area contributed by atoms with Crippen LogP contribution in [0.25, 0.3) is 10.9 Å². The molecule has 2 aliphatic rings. The molecular weight excluding hydrogens is 465 g/mol. The second-order valence-corrected chi connectivity index (χ2v) is 11.4. The number of nitrogens with one attached hydrogen (secondary N) is 1. The summed E-state index contributed by atoms with van der Waals surface area (Å²) in [7, 11) is 1.69. The lowest BCUT2D eigenvalue weighted by atomic mass is 9.66.